The lowest BCUT2D eigenvalue weighted by Crippen LogP contribution is -2.51. The summed E-state index contributed by atoms with van der Waals surface area (Å²) in [6.07, 6.45) is -1.84. The highest BCUT2D eigenvalue weighted by Gasteiger charge is 2.37. The Kier molecular flexibility index (Phi) is 6.48. The van der Waals surface area contributed by atoms with Crippen LogP contribution in [0, 0.1) is 5.92 Å². The summed E-state index contributed by atoms with van der Waals surface area (Å²) in [4.78, 5) is 12.4. The van der Waals surface area contributed by atoms with Gasteiger partial charge in [0.1, 0.15) is 0 Å². The number of hydrogen-bond acceptors (Lipinski definition) is 2. The SMILES string of the molecule is CC1(N)CCCCC1C(=O)Nc1cccc(CC(F)(F)F)c1.Cl. The van der Waals surface area contributed by atoms with Gasteiger partial charge in [-0.05, 0) is 37.5 Å². The van der Waals surface area contributed by atoms with Gasteiger partial charge in [-0.3, -0.25) is 4.79 Å². The van der Waals surface area contributed by atoms with E-state index in [1.165, 1.54) is 18.2 Å². The van der Waals surface area contributed by atoms with Gasteiger partial charge in [0.25, 0.3) is 0 Å². The van der Waals surface area contributed by atoms with Gasteiger partial charge in [0.2, 0.25) is 5.91 Å². The first-order valence-corrected chi connectivity index (χ1v) is 7.43. The summed E-state index contributed by atoms with van der Waals surface area (Å²) < 4.78 is 37.3. The number of halogens is 4. The van der Waals surface area contributed by atoms with Crippen LogP contribution in [0.4, 0.5) is 18.9 Å². The number of hydrogen-bond donors (Lipinski definition) is 2. The molecule has 1 aliphatic rings. The lowest BCUT2D eigenvalue weighted by Gasteiger charge is -2.37. The summed E-state index contributed by atoms with van der Waals surface area (Å²) in [5.41, 5.74) is 6.13. The third-order valence-corrected chi connectivity index (χ3v) is 4.17. The van der Waals surface area contributed by atoms with Crippen molar-refractivity contribution in [3.05, 3.63) is 29.8 Å². The van der Waals surface area contributed by atoms with Crippen molar-refractivity contribution < 1.29 is 18.0 Å². The van der Waals surface area contributed by atoms with Crippen LogP contribution in [-0.2, 0) is 11.2 Å². The first-order valence-electron chi connectivity index (χ1n) is 7.43. The van der Waals surface area contributed by atoms with E-state index in [2.05, 4.69) is 5.32 Å². The molecule has 0 saturated heterocycles. The van der Waals surface area contributed by atoms with Gasteiger partial charge < -0.3 is 11.1 Å². The molecular weight excluding hydrogens is 329 g/mol. The van der Waals surface area contributed by atoms with Crippen molar-refractivity contribution in [3.63, 3.8) is 0 Å². The molecule has 1 aliphatic carbocycles. The summed E-state index contributed by atoms with van der Waals surface area (Å²) in [5.74, 6) is -0.526. The third-order valence-electron chi connectivity index (χ3n) is 4.17. The van der Waals surface area contributed by atoms with Gasteiger partial charge in [-0.1, -0.05) is 25.0 Å². The molecule has 1 aromatic carbocycles. The van der Waals surface area contributed by atoms with Crippen LogP contribution in [-0.4, -0.2) is 17.6 Å². The molecule has 1 aromatic rings. The largest absolute Gasteiger partial charge is 0.393 e. The Bertz CT molecular complexity index is 546. The molecule has 3 nitrogen and oxygen atoms in total. The molecule has 0 aliphatic heterocycles. The lowest BCUT2D eigenvalue weighted by atomic mass is 9.74. The number of anilines is 1. The van der Waals surface area contributed by atoms with E-state index in [0.717, 1.165) is 19.3 Å². The predicted octanol–water partition coefficient (Wildman–Crippen LogP) is 4.06. The van der Waals surface area contributed by atoms with E-state index in [1.54, 1.807) is 6.07 Å². The fourth-order valence-electron chi connectivity index (χ4n) is 3.01. The Morgan fingerprint density at radius 3 is 2.70 bits per heavy atom. The maximum Gasteiger partial charge on any atom is 0.393 e. The first-order chi connectivity index (χ1) is 10.2. The summed E-state index contributed by atoms with van der Waals surface area (Å²) in [7, 11) is 0. The van der Waals surface area contributed by atoms with Gasteiger partial charge in [0.15, 0.2) is 0 Å². The van der Waals surface area contributed by atoms with Crippen LogP contribution in [0.1, 0.15) is 38.2 Å². The van der Waals surface area contributed by atoms with Crippen LogP contribution in [0.15, 0.2) is 24.3 Å². The highest BCUT2D eigenvalue weighted by atomic mass is 35.5. The highest BCUT2D eigenvalue weighted by Crippen LogP contribution is 2.32. The molecule has 1 fully saturated rings. The number of carbonyl (C=O) groups is 1. The molecule has 0 bridgehead atoms. The van der Waals surface area contributed by atoms with E-state index in [4.69, 9.17) is 5.73 Å². The minimum Gasteiger partial charge on any atom is -0.326 e. The fourth-order valence-corrected chi connectivity index (χ4v) is 3.01. The van der Waals surface area contributed by atoms with Crippen molar-refractivity contribution in [2.75, 3.05) is 5.32 Å². The smallest absolute Gasteiger partial charge is 0.326 e. The van der Waals surface area contributed by atoms with Gasteiger partial charge in [0.05, 0.1) is 12.3 Å². The Hall–Kier alpha value is -1.27. The second-order valence-electron chi connectivity index (χ2n) is 6.29. The lowest BCUT2D eigenvalue weighted by molar-refractivity contribution is -0.127. The van der Waals surface area contributed by atoms with Crippen molar-refractivity contribution in [2.24, 2.45) is 11.7 Å². The zero-order valence-corrected chi connectivity index (χ0v) is 13.8. The quantitative estimate of drug-likeness (QED) is 0.863. The van der Waals surface area contributed by atoms with Crippen molar-refractivity contribution in [2.45, 2.75) is 50.7 Å². The van der Waals surface area contributed by atoms with E-state index in [9.17, 15) is 18.0 Å². The van der Waals surface area contributed by atoms with E-state index in [1.807, 2.05) is 6.92 Å². The molecule has 0 spiro atoms. The molecule has 23 heavy (non-hydrogen) atoms. The second kappa shape index (κ2) is 7.53. The average Bonchev–Trinajstić information content (AvgIpc) is 2.36. The van der Waals surface area contributed by atoms with E-state index in [-0.39, 0.29) is 29.8 Å². The summed E-state index contributed by atoms with van der Waals surface area (Å²) in [6, 6.07) is 5.87. The van der Waals surface area contributed by atoms with Crippen LogP contribution >= 0.6 is 12.4 Å². The van der Waals surface area contributed by atoms with Crippen LogP contribution < -0.4 is 11.1 Å². The van der Waals surface area contributed by atoms with Gasteiger partial charge in [0, 0.05) is 11.2 Å². The number of nitrogens with two attached hydrogens (primary N) is 1. The van der Waals surface area contributed by atoms with E-state index < -0.39 is 18.1 Å². The molecule has 130 valence electrons. The zero-order valence-electron chi connectivity index (χ0n) is 13.0. The van der Waals surface area contributed by atoms with Crippen molar-refractivity contribution >= 4 is 24.0 Å². The topological polar surface area (TPSA) is 55.1 Å². The number of benzene rings is 1. The molecule has 0 aromatic heterocycles. The van der Waals surface area contributed by atoms with Crippen molar-refractivity contribution in [1.29, 1.82) is 0 Å². The Morgan fingerprint density at radius 1 is 1.39 bits per heavy atom. The maximum absolute atomic E-state index is 12.4. The molecule has 2 atom stereocenters. The van der Waals surface area contributed by atoms with E-state index in [0.29, 0.717) is 12.1 Å². The molecule has 1 saturated carbocycles. The van der Waals surface area contributed by atoms with Crippen LogP contribution in [0.25, 0.3) is 0 Å². The minimum absolute atomic E-state index is 0. The summed E-state index contributed by atoms with van der Waals surface area (Å²) in [5, 5.41) is 2.71. The van der Waals surface area contributed by atoms with Gasteiger partial charge >= 0.3 is 6.18 Å². The molecule has 2 rings (SSSR count). The second-order valence-corrected chi connectivity index (χ2v) is 6.29. The molecule has 3 N–H and O–H groups in total. The number of amides is 1. The number of alkyl halides is 3. The summed E-state index contributed by atoms with van der Waals surface area (Å²) >= 11 is 0. The standard InChI is InChI=1S/C16H21F3N2O.ClH/c1-15(20)8-3-2-7-13(15)14(22)21-12-6-4-5-11(9-12)10-16(17,18)19;/h4-6,9,13H,2-3,7-8,10,20H2,1H3,(H,21,22);1H. The maximum atomic E-state index is 12.4. The third kappa shape index (κ3) is 5.70. The Balaban J connectivity index is 0.00000264. The normalized spacial score (nSPS) is 24.7. The molecule has 7 heteroatoms. The Morgan fingerprint density at radius 2 is 2.09 bits per heavy atom. The Labute approximate surface area is 140 Å². The highest BCUT2D eigenvalue weighted by molar-refractivity contribution is 5.93. The fraction of sp³-hybridized carbons (Fsp3) is 0.562. The molecule has 0 heterocycles. The monoisotopic (exact) mass is 350 g/mol. The molecule has 0 radical (unpaired) electrons. The molecular formula is C16H22ClF3N2O. The van der Waals surface area contributed by atoms with Gasteiger partial charge in [-0.2, -0.15) is 13.2 Å². The number of carbonyl (C=O) groups excluding carboxylic acids is 1. The van der Waals surface area contributed by atoms with Crippen molar-refractivity contribution in [3.8, 4) is 0 Å². The van der Waals surface area contributed by atoms with Crippen LogP contribution in [0.5, 0.6) is 0 Å². The van der Waals surface area contributed by atoms with Crippen LogP contribution in [0.2, 0.25) is 0 Å². The zero-order chi connectivity index (χ0) is 16.4. The summed E-state index contributed by atoms with van der Waals surface area (Å²) in [6.45, 7) is 1.86. The van der Waals surface area contributed by atoms with E-state index >= 15 is 0 Å². The average molecular weight is 351 g/mol. The number of nitrogens with one attached hydrogen (secondary N) is 1. The molecule has 2 unspecified atom stereocenters. The van der Waals surface area contributed by atoms with Crippen LogP contribution in [0.3, 0.4) is 0 Å². The first kappa shape index (κ1) is 19.8. The van der Waals surface area contributed by atoms with Crippen molar-refractivity contribution in [1.82, 2.24) is 0 Å². The van der Waals surface area contributed by atoms with Gasteiger partial charge in [-0.25, -0.2) is 0 Å². The molecule has 1 amide bonds. The van der Waals surface area contributed by atoms with Gasteiger partial charge in [-0.15, -0.1) is 12.4 Å². The predicted molar refractivity (Wildman–Crippen MR) is 86.6 cm³/mol. The number of rotatable bonds is 3. The minimum atomic E-state index is -4.26.